The number of nitrogens with one attached hydrogen (secondary N) is 2. The number of hydrogen-bond donors (Lipinski definition) is 2. The van der Waals surface area contributed by atoms with Crippen LogP contribution in [0.25, 0.3) is 0 Å². The molecule has 0 bridgehead atoms. The van der Waals surface area contributed by atoms with Crippen molar-refractivity contribution in [3.05, 3.63) is 65.2 Å². The maximum absolute atomic E-state index is 12.5. The summed E-state index contributed by atoms with van der Waals surface area (Å²) in [6, 6.07) is 15.1. The van der Waals surface area contributed by atoms with E-state index in [1.165, 1.54) is 11.8 Å². The second-order valence-corrected chi connectivity index (χ2v) is 10.4. The van der Waals surface area contributed by atoms with Crippen molar-refractivity contribution in [2.24, 2.45) is 4.99 Å². The number of carbonyl (C=O) groups is 1. The van der Waals surface area contributed by atoms with E-state index in [1.54, 1.807) is 6.07 Å². The van der Waals surface area contributed by atoms with Crippen molar-refractivity contribution in [2.45, 2.75) is 24.8 Å². The fourth-order valence-corrected chi connectivity index (χ4v) is 6.98. The Morgan fingerprint density at radius 2 is 1.96 bits per heavy atom. The number of nitrogens with zero attached hydrogens (tertiary/aromatic N) is 1. The van der Waals surface area contributed by atoms with Crippen LogP contribution in [0.3, 0.4) is 0 Å². The van der Waals surface area contributed by atoms with E-state index in [9.17, 15) is 13.2 Å². The van der Waals surface area contributed by atoms with Gasteiger partial charge in [-0.25, -0.2) is 8.42 Å². The van der Waals surface area contributed by atoms with Crippen LogP contribution in [-0.2, 0) is 16.4 Å². The SMILES string of the molecule is Cc1ccc(C(=O)NCc2ccccc2)cc1NC1=N[C@H]2CS(=O)(=O)C[C@H]2S1. The average molecular weight is 416 g/mol. The molecule has 2 atom stereocenters. The molecule has 2 aliphatic heterocycles. The van der Waals surface area contributed by atoms with Gasteiger partial charge in [0.1, 0.15) is 0 Å². The normalized spacial score (nSPS) is 22.4. The summed E-state index contributed by atoms with van der Waals surface area (Å²) < 4.78 is 23.4. The van der Waals surface area contributed by atoms with Gasteiger partial charge in [-0.2, -0.15) is 0 Å². The Hall–Kier alpha value is -2.32. The molecule has 0 aromatic heterocycles. The van der Waals surface area contributed by atoms with Crippen molar-refractivity contribution < 1.29 is 13.2 Å². The lowest BCUT2D eigenvalue weighted by Gasteiger charge is -2.12. The second-order valence-electron chi connectivity index (χ2n) is 7.06. The summed E-state index contributed by atoms with van der Waals surface area (Å²) in [5.41, 5.74) is 3.41. The van der Waals surface area contributed by atoms with Gasteiger partial charge in [0, 0.05) is 23.0 Å². The quantitative estimate of drug-likeness (QED) is 0.802. The van der Waals surface area contributed by atoms with Crippen LogP contribution in [0.2, 0.25) is 0 Å². The van der Waals surface area contributed by atoms with Gasteiger partial charge >= 0.3 is 0 Å². The first-order valence-corrected chi connectivity index (χ1v) is 11.7. The lowest BCUT2D eigenvalue weighted by molar-refractivity contribution is 0.0951. The molecule has 1 saturated heterocycles. The minimum atomic E-state index is -2.97. The molecule has 2 aromatic rings. The molecule has 146 valence electrons. The number of anilines is 1. The Kier molecular flexibility index (Phi) is 5.16. The molecule has 0 spiro atoms. The fourth-order valence-electron chi connectivity index (χ4n) is 3.31. The minimum absolute atomic E-state index is 0.00911. The summed E-state index contributed by atoms with van der Waals surface area (Å²) in [7, 11) is -2.97. The van der Waals surface area contributed by atoms with Crippen molar-refractivity contribution in [1.82, 2.24) is 5.32 Å². The molecule has 0 aliphatic carbocycles. The lowest BCUT2D eigenvalue weighted by atomic mass is 10.1. The van der Waals surface area contributed by atoms with Gasteiger partial charge in [-0.3, -0.25) is 9.79 Å². The fraction of sp³-hybridized carbons (Fsp3) is 0.300. The number of thioether (sulfide) groups is 1. The van der Waals surface area contributed by atoms with Crippen LogP contribution in [0, 0.1) is 6.92 Å². The number of carbonyl (C=O) groups excluding carboxylic acids is 1. The minimum Gasteiger partial charge on any atom is -0.348 e. The van der Waals surface area contributed by atoms with E-state index in [0.29, 0.717) is 12.1 Å². The molecule has 0 radical (unpaired) electrons. The first-order chi connectivity index (χ1) is 13.4. The molecular formula is C20H21N3O3S2. The van der Waals surface area contributed by atoms with Crippen molar-refractivity contribution in [3.8, 4) is 0 Å². The number of sulfone groups is 1. The first-order valence-electron chi connectivity index (χ1n) is 9.04. The summed E-state index contributed by atoms with van der Waals surface area (Å²) in [6.45, 7) is 2.43. The van der Waals surface area contributed by atoms with Gasteiger partial charge in [0.25, 0.3) is 5.91 Å². The lowest BCUT2D eigenvalue weighted by Crippen LogP contribution is -2.23. The number of aryl methyl sites for hydroxylation is 1. The van der Waals surface area contributed by atoms with Gasteiger partial charge in [-0.15, -0.1) is 0 Å². The maximum atomic E-state index is 12.5. The Morgan fingerprint density at radius 1 is 1.18 bits per heavy atom. The molecule has 2 aromatic carbocycles. The van der Waals surface area contributed by atoms with Crippen molar-refractivity contribution in [3.63, 3.8) is 0 Å². The Bertz CT molecular complexity index is 1040. The predicted molar refractivity (Wildman–Crippen MR) is 114 cm³/mol. The van der Waals surface area contributed by atoms with Crippen molar-refractivity contribution >= 4 is 38.4 Å². The Balaban J connectivity index is 1.43. The summed E-state index contributed by atoms with van der Waals surface area (Å²) in [6.07, 6.45) is 0. The molecule has 2 heterocycles. The van der Waals surface area contributed by atoms with Crippen LogP contribution in [0.1, 0.15) is 21.5 Å². The summed E-state index contributed by atoms with van der Waals surface area (Å²) in [5, 5.41) is 6.91. The third-order valence-corrected chi connectivity index (χ3v) is 8.00. The van der Waals surface area contributed by atoms with Gasteiger partial charge in [0.05, 0.1) is 17.5 Å². The molecule has 2 aliphatic rings. The molecule has 28 heavy (non-hydrogen) atoms. The van der Waals surface area contributed by atoms with E-state index in [1.807, 2.05) is 49.4 Å². The summed E-state index contributed by atoms with van der Waals surface area (Å²) in [5.74, 6) is 0.158. The number of aliphatic imine (C=N–C) groups is 1. The molecule has 4 rings (SSSR count). The molecule has 0 saturated carbocycles. The largest absolute Gasteiger partial charge is 0.348 e. The molecule has 2 N–H and O–H groups in total. The number of amides is 1. The van der Waals surface area contributed by atoms with Gasteiger partial charge in [-0.05, 0) is 30.2 Å². The highest BCUT2D eigenvalue weighted by molar-refractivity contribution is 8.15. The monoisotopic (exact) mass is 415 g/mol. The van der Waals surface area contributed by atoms with Crippen LogP contribution in [0.4, 0.5) is 5.69 Å². The van der Waals surface area contributed by atoms with Gasteiger partial charge in [0.2, 0.25) is 0 Å². The van der Waals surface area contributed by atoms with E-state index in [0.717, 1.165) is 22.0 Å². The number of fused-ring (bicyclic) bond motifs is 1. The number of amidine groups is 1. The third kappa shape index (κ3) is 4.23. The van der Waals surface area contributed by atoms with Crippen molar-refractivity contribution in [1.29, 1.82) is 0 Å². The first kappa shape index (κ1) is 19.0. The Morgan fingerprint density at radius 3 is 2.71 bits per heavy atom. The van der Waals surface area contributed by atoms with Crippen LogP contribution >= 0.6 is 11.8 Å². The maximum Gasteiger partial charge on any atom is 0.251 e. The topological polar surface area (TPSA) is 87.6 Å². The highest BCUT2D eigenvalue weighted by atomic mass is 32.2. The van der Waals surface area contributed by atoms with Gasteiger partial charge in [-0.1, -0.05) is 48.2 Å². The number of hydrogen-bond acceptors (Lipinski definition) is 6. The van der Waals surface area contributed by atoms with E-state index in [2.05, 4.69) is 15.6 Å². The zero-order valence-electron chi connectivity index (χ0n) is 15.4. The molecular weight excluding hydrogens is 394 g/mol. The molecule has 0 unspecified atom stereocenters. The summed E-state index contributed by atoms with van der Waals surface area (Å²) >= 11 is 1.47. The molecule has 1 amide bonds. The van der Waals surface area contributed by atoms with Gasteiger partial charge in [0.15, 0.2) is 15.0 Å². The zero-order chi connectivity index (χ0) is 19.7. The highest BCUT2D eigenvalue weighted by Gasteiger charge is 2.42. The van der Waals surface area contributed by atoms with E-state index in [4.69, 9.17) is 0 Å². The number of rotatable bonds is 4. The predicted octanol–water partition coefficient (Wildman–Crippen LogP) is 2.61. The van der Waals surface area contributed by atoms with Crippen LogP contribution in [0.15, 0.2) is 53.5 Å². The van der Waals surface area contributed by atoms with E-state index < -0.39 is 9.84 Å². The van der Waals surface area contributed by atoms with E-state index >= 15 is 0 Å². The second kappa shape index (κ2) is 7.60. The average Bonchev–Trinajstić information content (AvgIpc) is 3.15. The van der Waals surface area contributed by atoms with Crippen LogP contribution in [0.5, 0.6) is 0 Å². The van der Waals surface area contributed by atoms with Crippen molar-refractivity contribution in [2.75, 3.05) is 16.8 Å². The smallest absolute Gasteiger partial charge is 0.251 e. The van der Waals surface area contributed by atoms with E-state index in [-0.39, 0.29) is 28.7 Å². The third-order valence-electron chi connectivity index (χ3n) is 4.86. The highest BCUT2D eigenvalue weighted by Crippen LogP contribution is 2.35. The Labute approximate surface area is 168 Å². The van der Waals surface area contributed by atoms with Crippen LogP contribution in [-0.4, -0.2) is 42.3 Å². The molecule has 6 nitrogen and oxygen atoms in total. The number of benzene rings is 2. The van der Waals surface area contributed by atoms with Crippen LogP contribution < -0.4 is 10.6 Å². The zero-order valence-corrected chi connectivity index (χ0v) is 17.0. The summed E-state index contributed by atoms with van der Waals surface area (Å²) in [4.78, 5) is 17.0. The van der Waals surface area contributed by atoms with Gasteiger partial charge < -0.3 is 10.6 Å². The standard InChI is InChI=1S/C20H21N3O3S2/c1-13-7-8-15(19(24)21-10-14-5-3-2-4-6-14)9-16(13)22-20-23-17-11-28(25,26)12-18(17)27-20/h2-9,17-18H,10-12H2,1H3,(H,21,24)(H,22,23)/t17-,18+/m0/s1. The molecule has 1 fully saturated rings. The molecule has 8 heteroatoms.